The number of carboxylic acids is 1. The first-order valence-corrected chi connectivity index (χ1v) is 10.5. The van der Waals surface area contributed by atoms with Crippen molar-refractivity contribution in [2.24, 2.45) is 40.4 Å². The molecular weight excluding hydrogens is 353 g/mol. The van der Waals surface area contributed by atoms with E-state index in [4.69, 9.17) is 0 Å². The highest BCUT2D eigenvalue weighted by Gasteiger charge is 2.62. The summed E-state index contributed by atoms with van der Waals surface area (Å²) < 4.78 is 42.4. The fraction of sp³-hybridized carbons (Fsp3) is 0.864. The number of carboxylic acid groups (broad SMARTS) is 1. The SMILES string of the molecule is C[C@H]1CC[C@H]2[C@@H]3CC(C(F)(F)F)=C4C(C(=O)O)CCC[C@]4(C)[C@H]3CC[C@]12C. The van der Waals surface area contributed by atoms with Crippen LogP contribution in [-0.4, -0.2) is 17.3 Å². The second kappa shape index (κ2) is 6.00. The third kappa shape index (κ3) is 2.62. The fourth-order valence-corrected chi connectivity index (χ4v) is 7.78. The maximum atomic E-state index is 14.1. The van der Waals surface area contributed by atoms with E-state index in [0.717, 1.165) is 25.7 Å². The molecule has 0 spiro atoms. The Hall–Kier alpha value is -1.00. The number of hydrogen-bond donors (Lipinski definition) is 1. The standard InChI is InChI=1S/C22H31F3O2/c1-12-6-7-15-14-11-17(22(23,24)25)18-13(19(26)27)5-4-9-21(18,3)16(14)8-10-20(12,15)2/h12-16H,4-11H2,1-3H3,(H,26,27)/t12-,13?,14-,15-,16-,20+,21+/m0/s1. The van der Waals surface area contributed by atoms with Crippen molar-refractivity contribution in [3.05, 3.63) is 11.1 Å². The molecule has 2 nitrogen and oxygen atoms in total. The van der Waals surface area contributed by atoms with E-state index < -0.39 is 29.1 Å². The number of carbonyl (C=O) groups is 1. The lowest BCUT2D eigenvalue weighted by Crippen LogP contribution is -2.53. The molecule has 27 heavy (non-hydrogen) atoms. The molecule has 3 fully saturated rings. The molecule has 1 N–H and O–H groups in total. The molecule has 152 valence electrons. The monoisotopic (exact) mass is 384 g/mol. The van der Waals surface area contributed by atoms with Crippen molar-refractivity contribution in [2.75, 3.05) is 0 Å². The Bertz CT molecular complexity index is 682. The van der Waals surface area contributed by atoms with Gasteiger partial charge in [-0.3, -0.25) is 4.79 Å². The van der Waals surface area contributed by atoms with Gasteiger partial charge in [0.2, 0.25) is 0 Å². The van der Waals surface area contributed by atoms with E-state index in [1.54, 1.807) is 0 Å². The molecule has 0 aliphatic heterocycles. The summed E-state index contributed by atoms with van der Waals surface area (Å²) in [7, 11) is 0. The summed E-state index contributed by atoms with van der Waals surface area (Å²) in [4.78, 5) is 11.9. The van der Waals surface area contributed by atoms with Crippen molar-refractivity contribution < 1.29 is 23.1 Å². The van der Waals surface area contributed by atoms with Crippen LogP contribution >= 0.6 is 0 Å². The molecule has 0 radical (unpaired) electrons. The highest BCUT2D eigenvalue weighted by molar-refractivity contribution is 5.75. The van der Waals surface area contributed by atoms with Crippen LogP contribution in [0.25, 0.3) is 0 Å². The van der Waals surface area contributed by atoms with E-state index in [2.05, 4.69) is 13.8 Å². The molecule has 0 aromatic carbocycles. The second-order valence-electron chi connectivity index (χ2n) is 10.2. The zero-order chi connectivity index (χ0) is 19.8. The predicted molar refractivity (Wildman–Crippen MR) is 97.0 cm³/mol. The van der Waals surface area contributed by atoms with E-state index in [-0.39, 0.29) is 29.2 Å². The minimum absolute atomic E-state index is 0.0375. The highest BCUT2D eigenvalue weighted by Crippen LogP contribution is 2.68. The van der Waals surface area contributed by atoms with Crippen LogP contribution < -0.4 is 0 Å². The number of hydrogen-bond acceptors (Lipinski definition) is 1. The first-order valence-electron chi connectivity index (χ1n) is 10.5. The molecule has 0 aromatic rings. The smallest absolute Gasteiger partial charge is 0.412 e. The fourth-order valence-electron chi connectivity index (χ4n) is 7.78. The molecule has 7 atom stereocenters. The largest absolute Gasteiger partial charge is 0.481 e. The number of allylic oxidation sites excluding steroid dienone is 1. The first-order chi connectivity index (χ1) is 12.5. The quantitative estimate of drug-likeness (QED) is 0.545. The van der Waals surface area contributed by atoms with E-state index in [9.17, 15) is 23.1 Å². The van der Waals surface area contributed by atoms with Crippen LogP contribution in [0.3, 0.4) is 0 Å². The average molecular weight is 384 g/mol. The Balaban J connectivity index is 1.86. The van der Waals surface area contributed by atoms with Crippen molar-refractivity contribution in [1.82, 2.24) is 0 Å². The lowest BCUT2D eigenvalue weighted by molar-refractivity contribution is -0.144. The Morgan fingerprint density at radius 1 is 1.07 bits per heavy atom. The normalized spacial score (nSPS) is 47.3. The van der Waals surface area contributed by atoms with Crippen LogP contribution in [0.4, 0.5) is 13.2 Å². The van der Waals surface area contributed by atoms with E-state index in [1.165, 1.54) is 0 Å². The summed E-state index contributed by atoms with van der Waals surface area (Å²) in [6.07, 6.45) is 1.52. The topological polar surface area (TPSA) is 37.3 Å². The van der Waals surface area contributed by atoms with Gasteiger partial charge in [-0.2, -0.15) is 13.2 Å². The molecule has 5 heteroatoms. The van der Waals surface area contributed by atoms with Gasteiger partial charge in [0.05, 0.1) is 5.92 Å². The lowest BCUT2D eigenvalue weighted by Gasteiger charge is -2.59. The van der Waals surface area contributed by atoms with Crippen LogP contribution in [0.15, 0.2) is 11.1 Å². The summed E-state index contributed by atoms with van der Waals surface area (Å²) >= 11 is 0. The van der Waals surface area contributed by atoms with Gasteiger partial charge in [0.25, 0.3) is 0 Å². The molecule has 0 saturated heterocycles. The summed E-state index contributed by atoms with van der Waals surface area (Å²) in [5.74, 6) is -0.889. The summed E-state index contributed by atoms with van der Waals surface area (Å²) in [5.41, 5.74) is -0.707. The molecule has 1 unspecified atom stereocenters. The van der Waals surface area contributed by atoms with E-state index in [1.807, 2.05) is 6.92 Å². The van der Waals surface area contributed by atoms with Gasteiger partial charge in [0, 0.05) is 5.57 Å². The molecule has 0 heterocycles. The zero-order valence-electron chi connectivity index (χ0n) is 16.5. The Labute approximate surface area is 159 Å². The molecular formula is C22H31F3O2. The maximum Gasteiger partial charge on any atom is 0.412 e. The van der Waals surface area contributed by atoms with Gasteiger partial charge in [-0.25, -0.2) is 0 Å². The number of alkyl halides is 3. The van der Waals surface area contributed by atoms with Gasteiger partial charge in [-0.05, 0) is 85.0 Å². The van der Waals surface area contributed by atoms with Gasteiger partial charge >= 0.3 is 12.1 Å². The van der Waals surface area contributed by atoms with Gasteiger partial charge in [0.1, 0.15) is 0 Å². The highest BCUT2D eigenvalue weighted by atomic mass is 19.4. The molecule has 3 saturated carbocycles. The molecule has 0 aromatic heterocycles. The summed E-state index contributed by atoms with van der Waals surface area (Å²) in [6.45, 7) is 6.51. The van der Waals surface area contributed by atoms with Gasteiger partial charge in [-0.15, -0.1) is 0 Å². The predicted octanol–water partition coefficient (Wildman–Crippen LogP) is 6.22. The van der Waals surface area contributed by atoms with Gasteiger partial charge in [0.15, 0.2) is 0 Å². The molecule has 0 bridgehead atoms. The minimum atomic E-state index is -4.43. The average Bonchev–Trinajstić information content (AvgIpc) is 2.87. The number of fused-ring (bicyclic) bond motifs is 5. The molecule has 4 aliphatic rings. The number of rotatable bonds is 1. The van der Waals surface area contributed by atoms with Crippen molar-refractivity contribution >= 4 is 5.97 Å². The number of aliphatic carboxylic acids is 1. The molecule has 4 aliphatic carbocycles. The van der Waals surface area contributed by atoms with Gasteiger partial charge in [-0.1, -0.05) is 27.2 Å². The Morgan fingerprint density at radius 2 is 1.78 bits per heavy atom. The molecule has 4 rings (SSSR count). The third-order valence-corrected chi connectivity index (χ3v) is 9.29. The van der Waals surface area contributed by atoms with Crippen LogP contribution in [-0.2, 0) is 4.79 Å². The van der Waals surface area contributed by atoms with E-state index in [0.29, 0.717) is 31.1 Å². The second-order valence-corrected chi connectivity index (χ2v) is 10.2. The first kappa shape index (κ1) is 19.3. The van der Waals surface area contributed by atoms with Crippen LogP contribution in [0, 0.1) is 40.4 Å². The van der Waals surface area contributed by atoms with Crippen LogP contribution in [0.2, 0.25) is 0 Å². The Morgan fingerprint density at radius 3 is 2.41 bits per heavy atom. The third-order valence-electron chi connectivity index (χ3n) is 9.29. The van der Waals surface area contributed by atoms with Crippen molar-refractivity contribution in [1.29, 1.82) is 0 Å². The summed E-state index contributed by atoms with van der Waals surface area (Å²) in [5, 5.41) is 9.70. The zero-order valence-corrected chi connectivity index (χ0v) is 16.5. The maximum absolute atomic E-state index is 14.1. The van der Waals surface area contributed by atoms with Crippen LogP contribution in [0.5, 0.6) is 0 Å². The van der Waals surface area contributed by atoms with Crippen molar-refractivity contribution in [3.8, 4) is 0 Å². The summed E-state index contributed by atoms with van der Waals surface area (Å²) in [6, 6.07) is 0. The van der Waals surface area contributed by atoms with E-state index >= 15 is 0 Å². The van der Waals surface area contributed by atoms with Gasteiger partial charge < -0.3 is 5.11 Å². The Kier molecular flexibility index (Phi) is 4.29. The van der Waals surface area contributed by atoms with Crippen molar-refractivity contribution in [3.63, 3.8) is 0 Å². The minimum Gasteiger partial charge on any atom is -0.481 e. The van der Waals surface area contributed by atoms with Crippen molar-refractivity contribution in [2.45, 2.75) is 78.3 Å². The number of halogens is 3. The lowest BCUT2D eigenvalue weighted by atomic mass is 9.45. The van der Waals surface area contributed by atoms with Crippen LogP contribution in [0.1, 0.15) is 72.1 Å². The molecule has 0 amide bonds.